The normalized spacial score (nSPS) is 22.7. The molecule has 1 aromatic carbocycles. The summed E-state index contributed by atoms with van der Waals surface area (Å²) in [5.41, 5.74) is 1.27. The summed E-state index contributed by atoms with van der Waals surface area (Å²) in [5.74, 6) is 0.498. The van der Waals surface area contributed by atoms with E-state index in [0.29, 0.717) is 33.6 Å². The van der Waals surface area contributed by atoms with Crippen LogP contribution < -0.4 is 5.32 Å². The number of aliphatic hydroxyl groups excluding tert-OH is 1. The van der Waals surface area contributed by atoms with Gasteiger partial charge in [0.2, 0.25) is 6.43 Å². The lowest BCUT2D eigenvalue weighted by molar-refractivity contribution is 0.0586. The quantitative estimate of drug-likeness (QED) is 0.734. The van der Waals surface area contributed by atoms with Crippen LogP contribution in [0.2, 0.25) is 0 Å². The maximum atomic E-state index is 12.9. The number of carbonyl (C=O) groups excluding carboxylic acids is 1. The van der Waals surface area contributed by atoms with Crippen molar-refractivity contribution in [3.63, 3.8) is 0 Å². The highest BCUT2D eigenvalue weighted by molar-refractivity contribution is 6.07. The number of amides is 1. The number of rotatable bonds is 6. The van der Waals surface area contributed by atoms with Crippen LogP contribution in [0.4, 0.5) is 8.78 Å². The molecule has 28 heavy (non-hydrogen) atoms. The number of alkyl halides is 2. The number of aryl methyl sites for hydroxylation is 1. The number of fused-ring (bicyclic) bond motifs is 1. The Kier molecular flexibility index (Phi) is 4.73. The van der Waals surface area contributed by atoms with E-state index in [1.807, 2.05) is 12.1 Å². The van der Waals surface area contributed by atoms with E-state index in [0.717, 1.165) is 0 Å². The van der Waals surface area contributed by atoms with Crippen molar-refractivity contribution < 1.29 is 23.1 Å². The molecule has 4 rings (SSSR count). The van der Waals surface area contributed by atoms with Gasteiger partial charge in [-0.2, -0.15) is 0 Å². The molecule has 2 aliphatic carbocycles. The number of hydrogen-bond donors (Lipinski definition) is 2. The summed E-state index contributed by atoms with van der Waals surface area (Å²) in [6.07, 6.45) is 3.10. The molecule has 2 fully saturated rings. The first-order valence-corrected chi connectivity index (χ1v) is 10.0. The molecule has 2 aromatic rings. The van der Waals surface area contributed by atoms with Gasteiger partial charge in [0.25, 0.3) is 5.91 Å². The lowest BCUT2D eigenvalue weighted by Crippen LogP contribution is -2.50. The molecule has 2 unspecified atom stereocenters. The molecule has 0 bridgehead atoms. The van der Waals surface area contributed by atoms with Crippen LogP contribution in [0.25, 0.3) is 11.0 Å². The Labute approximate surface area is 163 Å². The first-order valence-electron chi connectivity index (χ1n) is 10.0. The third-order valence-electron chi connectivity index (χ3n) is 6.68. The fraction of sp³-hybridized carbons (Fsp3) is 0.591. The topological polar surface area (TPSA) is 62.5 Å². The van der Waals surface area contributed by atoms with Crippen LogP contribution in [0.15, 0.2) is 22.6 Å². The third kappa shape index (κ3) is 3.32. The zero-order chi connectivity index (χ0) is 20.1. The second-order valence-electron chi connectivity index (χ2n) is 8.88. The number of carbonyl (C=O) groups is 1. The van der Waals surface area contributed by atoms with Crippen LogP contribution in [0.5, 0.6) is 0 Å². The van der Waals surface area contributed by atoms with Crippen molar-refractivity contribution in [1.82, 2.24) is 5.32 Å². The van der Waals surface area contributed by atoms with Gasteiger partial charge in [-0.3, -0.25) is 4.79 Å². The lowest BCUT2D eigenvalue weighted by Gasteiger charge is -2.28. The van der Waals surface area contributed by atoms with Crippen molar-refractivity contribution >= 4 is 16.9 Å². The fourth-order valence-electron chi connectivity index (χ4n) is 5.02. The number of furan rings is 1. The summed E-state index contributed by atoms with van der Waals surface area (Å²) in [7, 11) is 0. The number of benzene rings is 1. The number of nitrogens with one attached hydrogen (secondary N) is 1. The van der Waals surface area contributed by atoms with Crippen LogP contribution in [0.3, 0.4) is 0 Å². The Morgan fingerprint density at radius 1 is 1.39 bits per heavy atom. The van der Waals surface area contributed by atoms with E-state index in [1.54, 1.807) is 6.92 Å². The van der Waals surface area contributed by atoms with Crippen LogP contribution in [0.1, 0.15) is 73.0 Å². The smallest absolute Gasteiger partial charge is 0.255 e. The predicted molar refractivity (Wildman–Crippen MR) is 103 cm³/mol. The van der Waals surface area contributed by atoms with Crippen LogP contribution >= 0.6 is 0 Å². The van der Waals surface area contributed by atoms with Gasteiger partial charge < -0.3 is 14.8 Å². The summed E-state index contributed by atoms with van der Waals surface area (Å²) in [6.45, 7) is 2.56. The van der Waals surface area contributed by atoms with Crippen LogP contribution in [-0.4, -0.2) is 29.6 Å². The Morgan fingerprint density at radius 2 is 2.11 bits per heavy atom. The largest absolute Gasteiger partial charge is 0.461 e. The van der Waals surface area contributed by atoms with Crippen molar-refractivity contribution in [1.29, 1.82) is 0 Å². The Bertz CT molecular complexity index is 901. The second-order valence-corrected chi connectivity index (χ2v) is 8.88. The zero-order valence-corrected chi connectivity index (χ0v) is 16.4. The first kappa shape index (κ1) is 19.4. The van der Waals surface area contributed by atoms with Gasteiger partial charge in [0.15, 0.2) is 0 Å². The molecule has 0 radical (unpaired) electrons. The highest BCUT2D eigenvalue weighted by Gasteiger charge is 2.55. The minimum atomic E-state index is -2.62. The molecular formula is C22H27F2NO3. The summed E-state index contributed by atoms with van der Waals surface area (Å²) >= 11 is 0. The van der Waals surface area contributed by atoms with Gasteiger partial charge >= 0.3 is 0 Å². The molecule has 2 saturated carbocycles. The average Bonchev–Trinajstić information content (AvgIpc) is 2.95. The van der Waals surface area contributed by atoms with E-state index >= 15 is 0 Å². The highest BCUT2D eigenvalue weighted by Crippen LogP contribution is 2.67. The molecule has 6 heteroatoms. The molecule has 0 saturated heterocycles. The summed E-state index contributed by atoms with van der Waals surface area (Å²) in [5, 5.41) is 12.8. The molecule has 4 nitrogen and oxygen atoms in total. The summed E-state index contributed by atoms with van der Waals surface area (Å²) in [4.78, 5) is 12.9. The van der Waals surface area contributed by atoms with E-state index in [4.69, 9.17) is 4.42 Å². The van der Waals surface area contributed by atoms with Gasteiger partial charge in [0, 0.05) is 11.8 Å². The zero-order valence-electron chi connectivity index (χ0n) is 16.4. The molecule has 2 atom stereocenters. The molecular weight excluding hydrogens is 364 g/mol. The van der Waals surface area contributed by atoms with Gasteiger partial charge in [-0.25, -0.2) is 8.78 Å². The Hall–Kier alpha value is -1.95. The molecule has 2 N–H and O–H groups in total. The summed E-state index contributed by atoms with van der Waals surface area (Å²) in [6, 6.07) is 6.01. The number of halogens is 2. The van der Waals surface area contributed by atoms with E-state index in [2.05, 4.69) is 11.4 Å². The molecule has 1 amide bonds. The van der Waals surface area contributed by atoms with Crippen LogP contribution in [0, 0.1) is 12.3 Å². The number of aliphatic hydroxyl groups is 1. The lowest BCUT2D eigenvalue weighted by atomic mass is 9.95. The fourth-order valence-corrected chi connectivity index (χ4v) is 5.02. The summed E-state index contributed by atoms with van der Waals surface area (Å²) < 4.78 is 31.5. The minimum absolute atomic E-state index is 0.368. The maximum absolute atomic E-state index is 12.9. The first-order chi connectivity index (χ1) is 13.3. The van der Waals surface area contributed by atoms with E-state index in [9.17, 15) is 18.7 Å². The van der Waals surface area contributed by atoms with Gasteiger partial charge in [-0.1, -0.05) is 18.9 Å². The molecule has 0 aliphatic heterocycles. The average molecular weight is 391 g/mol. The van der Waals surface area contributed by atoms with Crippen molar-refractivity contribution in [2.75, 3.05) is 6.61 Å². The third-order valence-corrected chi connectivity index (χ3v) is 6.68. The van der Waals surface area contributed by atoms with E-state index in [-0.39, 0.29) is 0 Å². The van der Waals surface area contributed by atoms with Crippen molar-refractivity contribution in [2.24, 2.45) is 5.41 Å². The monoisotopic (exact) mass is 391 g/mol. The minimum Gasteiger partial charge on any atom is -0.461 e. The SMILES string of the molecule is Cc1oc2ccc(C3CC34CCCC4)cc2c1C(=O)NC(C)(CO)CC(F)F. The van der Waals surface area contributed by atoms with Crippen molar-refractivity contribution in [3.05, 3.63) is 35.1 Å². The van der Waals surface area contributed by atoms with Crippen LogP contribution in [-0.2, 0) is 0 Å². The van der Waals surface area contributed by atoms with Crippen molar-refractivity contribution in [3.8, 4) is 0 Å². The Balaban J connectivity index is 1.64. The molecule has 152 valence electrons. The standard InChI is InChI=1S/C22H27F2NO3/c1-13-19(20(27)25-21(2,12-26)11-18(23)24)15-9-14(5-6-17(15)28-13)16-10-22(16)7-3-4-8-22/h5-6,9,16,18,26H,3-4,7-8,10-12H2,1-2H3,(H,25,27). The van der Waals surface area contributed by atoms with Gasteiger partial charge in [-0.05, 0) is 62.1 Å². The second kappa shape index (κ2) is 6.83. The molecule has 1 heterocycles. The molecule has 1 spiro atoms. The maximum Gasteiger partial charge on any atom is 0.255 e. The van der Waals surface area contributed by atoms with Gasteiger partial charge in [0.1, 0.15) is 11.3 Å². The van der Waals surface area contributed by atoms with Crippen molar-refractivity contribution in [2.45, 2.75) is 70.3 Å². The number of hydrogen-bond acceptors (Lipinski definition) is 3. The Morgan fingerprint density at radius 3 is 2.75 bits per heavy atom. The molecule has 1 aromatic heterocycles. The predicted octanol–water partition coefficient (Wildman–Crippen LogP) is 4.92. The van der Waals surface area contributed by atoms with E-state index < -0.39 is 30.9 Å². The van der Waals surface area contributed by atoms with E-state index in [1.165, 1.54) is 44.6 Å². The van der Waals surface area contributed by atoms with Gasteiger partial charge in [-0.15, -0.1) is 0 Å². The highest BCUT2D eigenvalue weighted by atomic mass is 19.3. The van der Waals surface area contributed by atoms with Gasteiger partial charge in [0.05, 0.1) is 17.7 Å². The molecule has 2 aliphatic rings.